The molecule has 4 rings (SSSR count). The van der Waals surface area contributed by atoms with Gasteiger partial charge in [-0.25, -0.2) is 15.0 Å². The van der Waals surface area contributed by atoms with Gasteiger partial charge < -0.3 is 14.4 Å². The maximum atomic E-state index is 12.8. The van der Waals surface area contributed by atoms with Crippen molar-refractivity contribution in [1.82, 2.24) is 29.3 Å². The van der Waals surface area contributed by atoms with Gasteiger partial charge in [-0.2, -0.15) is 0 Å². The number of hydrogen-bond donors (Lipinski definition) is 0. The lowest BCUT2D eigenvalue weighted by Gasteiger charge is -2.37. The van der Waals surface area contributed by atoms with E-state index in [1.54, 1.807) is 12.4 Å². The normalized spacial score (nSPS) is 21.4. The molecule has 1 amide bonds. The van der Waals surface area contributed by atoms with Crippen molar-refractivity contribution in [3.8, 4) is 0 Å². The predicted molar refractivity (Wildman–Crippen MR) is 102 cm³/mol. The first-order valence-corrected chi connectivity index (χ1v) is 9.70. The summed E-state index contributed by atoms with van der Waals surface area (Å²) in [5.41, 5.74) is 0. The summed E-state index contributed by atoms with van der Waals surface area (Å²) in [5, 5.41) is 0. The SMILES string of the molecule is Cn1ccnc1[C@@H]1CCCN(C(=O)CN2CCN(c3ncccn3)CC2)C1. The van der Waals surface area contributed by atoms with Crippen LogP contribution in [0.1, 0.15) is 24.6 Å². The van der Waals surface area contributed by atoms with Crippen molar-refractivity contribution in [2.45, 2.75) is 18.8 Å². The Morgan fingerprint density at radius 1 is 1.07 bits per heavy atom. The Labute approximate surface area is 159 Å². The molecule has 144 valence electrons. The van der Waals surface area contributed by atoms with Gasteiger partial charge in [0.25, 0.3) is 0 Å². The van der Waals surface area contributed by atoms with Gasteiger partial charge in [0.15, 0.2) is 0 Å². The fraction of sp³-hybridized carbons (Fsp3) is 0.579. The topological polar surface area (TPSA) is 70.4 Å². The van der Waals surface area contributed by atoms with Crippen molar-refractivity contribution < 1.29 is 4.79 Å². The lowest BCUT2D eigenvalue weighted by molar-refractivity contribution is -0.133. The second-order valence-corrected chi connectivity index (χ2v) is 7.39. The fourth-order valence-corrected chi connectivity index (χ4v) is 4.04. The molecule has 1 atom stereocenters. The molecule has 4 heterocycles. The smallest absolute Gasteiger partial charge is 0.236 e. The van der Waals surface area contributed by atoms with Crippen molar-refractivity contribution in [3.63, 3.8) is 0 Å². The maximum absolute atomic E-state index is 12.8. The highest BCUT2D eigenvalue weighted by atomic mass is 16.2. The monoisotopic (exact) mass is 369 g/mol. The summed E-state index contributed by atoms with van der Waals surface area (Å²) in [6.45, 7) is 5.57. The number of hydrogen-bond acceptors (Lipinski definition) is 6. The third-order valence-electron chi connectivity index (χ3n) is 5.56. The van der Waals surface area contributed by atoms with E-state index in [4.69, 9.17) is 0 Å². The molecule has 27 heavy (non-hydrogen) atoms. The van der Waals surface area contributed by atoms with Gasteiger partial charge in [0.2, 0.25) is 11.9 Å². The highest BCUT2D eigenvalue weighted by Gasteiger charge is 2.28. The van der Waals surface area contributed by atoms with Crippen LogP contribution in [0.2, 0.25) is 0 Å². The number of anilines is 1. The number of piperidine rings is 1. The Morgan fingerprint density at radius 2 is 1.85 bits per heavy atom. The van der Waals surface area contributed by atoms with E-state index < -0.39 is 0 Å². The maximum Gasteiger partial charge on any atom is 0.236 e. The molecule has 2 fully saturated rings. The van der Waals surface area contributed by atoms with Crippen molar-refractivity contribution in [1.29, 1.82) is 0 Å². The summed E-state index contributed by atoms with van der Waals surface area (Å²) < 4.78 is 2.07. The van der Waals surface area contributed by atoms with Crippen molar-refractivity contribution in [2.24, 2.45) is 7.05 Å². The van der Waals surface area contributed by atoms with Crippen LogP contribution in [0.5, 0.6) is 0 Å². The zero-order valence-corrected chi connectivity index (χ0v) is 15.9. The molecule has 0 spiro atoms. The molecule has 0 radical (unpaired) electrons. The van der Waals surface area contributed by atoms with Crippen LogP contribution in [-0.4, -0.2) is 81.0 Å². The van der Waals surface area contributed by atoms with E-state index in [1.165, 1.54) is 0 Å². The Balaban J connectivity index is 1.29. The fourth-order valence-electron chi connectivity index (χ4n) is 4.04. The molecular formula is C19H27N7O. The molecule has 0 aromatic carbocycles. The zero-order chi connectivity index (χ0) is 18.6. The highest BCUT2D eigenvalue weighted by Crippen LogP contribution is 2.25. The van der Waals surface area contributed by atoms with Crippen LogP contribution < -0.4 is 4.90 Å². The number of piperazine rings is 1. The molecule has 0 bridgehead atoms. The van der Waals surface area contributed by atoms with Gasteiger partial charge >= 0.3 is 0 Å². The van der Waals surface area contributed by atoms with Gasteiger partial charge in [-0.05, 0) is 18.9 Å². The summed E-state index contributed by atoms with van der Waals surface area (Å²) in [5.74, 6) is 2.44. The summed E-state index contributed by atoms with van der Waals surface area (Å²) in [6.07, 6.45) is 9.50. The Bertz CT molecular complexity index is 754. The molecule has 2 aromatic heterocycles. The molecule has 8 nitrogen and oxygen atoms in total. The Kier molecular flexibility index (Phi) is 5.33. The van der Waals surface area contributed by atoms with Crippen LogP contribution in [0, 0.1) is 0 Å². The minimum Gasteiger partial charge on any atom is -0.341 e. The molecule has 2 aromatic rings. The number of likely N-dealkylation sites (tertiary alicyclic amines) is 1. The largest absolute Gasteiger partial charge is 0.341 e. The number of aryl methyl sites for hydroxylation is 1. The van der Waals surface area contributed by atoms with Gasteiger partial charge in [0.05, 0.1) is 6.54 Å². The molecule has 2 saturated heterocycles. The van der Waals surface area contributed by atoms with Crippen LogP contribution in [0.3, 0.4) is 0 Å². The van der Waals surface area contributed by atoms with Crippen LogP contribution in [0.4, 0.5) is 5.95 Å². The van der Waals surface area contributed by atoms with Crippen LogP contribution >= 0.6 is 0 Å². The molecule has 0 saturated carbocycles. The number of aromatic nitrogens is 4. The number of amides is 1. The van der Waals surface area contributed by atoms with Crippen molar-refractivity contribution >= 4 is 11.9 Å². The number of carbonyl (C=O) groups excluding carboxylic acids is 1. The third kappa shape index (κ3) is 4.10. The van der Waals surface area contributed by atoms with Gasteiger partial charge in [0, 0.05) is 77.0 Å². The second kappa shape index (κ2) is 8.04. The molecule has 0 unspecified atom stereocenters. The van der Waals surface area contributed by atoms with Gasteiger partial charge in [-0.3, -0.25) is 9.69 Å². The lowest BCUT2D eigenvalue weighted by Crippen LogP contribution is -2.51. The Morgan fingerprint density at radius 3 is 2.56 bits per heavy atom. The summed E-state index contributed by atoms with van der Waals surface area (Å²) >= 11 is 0. The number of nitrogens with zero attached hydrogens (tertiary/aromatic N) is 7. The first kappa shape index (κ1) is 17.9. The average Bonchev–Trinajstić information content (AvgIpc) is 3.15. The van der Waals surface area contributed by atoms with E-state index in [2.05, 4.69) is 29.3 Å². The van der Waals surface area contributed by atoms with E-state index in [-0.39, 0.29) is 5.91 Å². The summed E-state index contributed by atoms with van der Waals surface area (Å²) in [4.78, 5) is 32.4. The third-order valence-corrected chi connectivity index (χ3v) is 5.56. The first-order chi connectivity index (χ1) is 13.2. The minimum atomic E-state index is 0.235. The van der Waals surface area contributed by atoms with Crippen LogP contribution in [0.15, 0.2) is 30.9 Å². The molecule has 0 aliphatic carbocycles. The van der Waals surface area contributed by atoms with Gasteiger partial charge in [-0.15, -0.1) is 0 Å². The summed E-state index contributed by atoms with van der Waals surface area (Å²) in [7, 11) is 2.03. The molecular weight excluding hydrogens is 342 g/mol. The summed E-state index contributed by atoms with van der Waals surface area (Å²) in [6, 6.07) is 1.83. The van der Waals surface area contributed by atoms with Gasteiger partial charge in [-0.1, -0.05) is 0 Å². The van der Waals surface area contributed by atoms with Gasteiger partial charge in [0.1, 0.15) is 5.82 Å². The van der Waals surface area contributed by atoms with E-state index in [9.17, 15) is 4.79 Å². The van der Waals surface area contributed by atoms with E-state index >= 15 is 0 Å². The second-order valence-electron chi connectivity index (χ2n) is 7.39. The standard InChI is InChI=1S/C19H27N7O/c1-23-9-7-20-18(23)16-4-2-8-26(14-16)17(27)15-24-10-12-25(13-11-24)19-21-5-3-6-22-19/h3,5-7,9,16H,2,4,8,10-15H2,1H3/t16-/m1/s1. The van der Waals surface area contributed by atoms with E-state index in [0.29, 0.717) is 12.5 Å². The minimum absolute atomic E-state index is 0.235. The van der Waals surface area contributed by atoms with Crippen molar-refractivity contribution in [3.05, 3.63) is 36.7 Å². The van der Waals surface area contributed by atoms with Crippen molar-refractivity contribution in [2.75, 3.05) is 50.7 Å². The molecule has 8 heteroatoms. The molecule has 2 aliphatic heterocycles. The molecule has 2 aliphatic rings. The molecule has 0 N–H and O–H groups in total. The number of imidazole rings is 1. The zero-order valence-electron chi connectivity index (χ0n) is 15.9. The van der Waals surface area contributed by atoms with Crippen LogP contribution in [0.25, 0.3) is 0 Å². The highest BCUT2D eigenvalue weighted by molar-refractivity contribution is 5.78. The Hall–Kier alpha value is -2.48. The van der Waals surface area contributed by atoms with E-state index in [0.717, 1.165) is 63.9 Å². The average molecular weight is 369 g/mol. The van der Waals surface area contributed by atoms with E-state index in [1.807, 2.05) is 30.4 Å². The first-order valence-electron chi connectivity index (χ1n) is 9.70. The predicted octanol–water partition coefficient (Wildman–Crippen LogP) is 0.738. The lowest BCUT2D eigenvalue weighted by atomic mass is 9.97. The van der Waals surface area contributed by atoms with Crippen LogP contribution in [-0.2, 0) is 11.8 Å². The number of carbonyl (C=O) groups is 1. The number of rotatable bonds is 4. The quantitative estimate of drug-likeness (QED) is 0.792.